The number of rotatable bonds is 9. The van der Waals surface area contributed by atoms with Crippen LogP contribution in [0.3, 0.4) is 0 Å². The fourth-order valence-corrected chi connectivity index (χ4v) is 4.12. The van der Waals surface area contributed by atoms with Crippen molar-refractivity contribution in [1.82, 2.24) is 24.6 Å². The number of carbonyl (C=O) groups excluding carboxylic acids is 1. The first-order valence-corrected chi connectivity index (χ1v) is 11.8. The molecule has 0 unspecified atom stereocenters. The third-order valence-electron chi connectivity index (χ3n) is 5.87. The molecule has 0 saturated carbocycles. The van der Waals surface area contributed by atoms with E-state index in [1.54, 1.807) is 6.20 Å². The molecule has 0 aliphatic rings. The van der Waals surface area contributed by atoms with Crippen LogP contribution in [0, 0.1) is 0 Å². The first-order valence-electron chi connectivity index (χ1n) is 11.8. The van der Waals surface area contributed by atoms with E-state index in [4.69, 9.17) is 5.10 Å². The van der Waals surface area contributed by atoms with E-state index in [2.05, 4.69) is 39.1 Å². The average molecular weight is 462 g/mol. The van der Waals surface area contributed by atoms with Gasteiger partial charge in [-0.1, -0.05) is 91.0 Å². The van der Waals surface area contributed by atoms with Gasteiger partial charge >= 0.3 is 0 Å². The molecule has 0 atom stereocenters. The fourth-order valence-electron chi connectivity index (χ4n) is 4.12. The van der Waals surface area contributed by atoms with Crippen LogP contribution in [0.4, 0.5) is 0 Å². The summed E-state index contributed by atoms with van der Waals surface area (Å²) in [7, 11) is 0. The van der Waals surface area contributed by atoms with Gasteiger partial charge in [0.25, 0.3) is 5.91 Å². The van der Waals surface area contributed by atoms with Crippen LogP contribution in [0.5, 0.6) is 0 Å². The molecule has 2 heterocycles. The highest BCUT2D eigenvalue weighted by Crippen LogP contribution is 2.22. The molecule has 0 bridgehead atoms. The van der Waals surface area contributed by atoms with E-state index < -0.39 is 0 Å². The summed E-state index contributed by atoms with van der Waals surface area (Å²) in [6, 6.07) is 30.2. The minimum atomic E-state index is -0.135. The van der Waals surface area contributed by atoms with Crippen molar-refractivity contribution in [3.63, 3.8) is 0 Å². The number of imidazole rings is 1. The van der Waals surface area contributed by atoms with Gasteiger partial charge in [-0.2, -0.15) is 5.10 Å². The summed E-state index contributed by atoms with van der Waals surface area (Å²) in [5, 5.41) is 7.83. The first kappa shape index (κ1) is 22.3. The highest BCUT2D eigenvalue weighted by Gasteiger charge is 2.18. The molecule has 1 amide bonds. The van der Waals surface area contributed by atoms with Gasteiger partial charge in [0.2, 0.25) is 0 Å². The van der Waals surface area contributed by atoms with Crippen LogP contribution < -0.4 is 5.32 Å². The molecular formula is C29H27N5O. The van der Waals surface area contributed by atoms with E-state index in [9.17, 15) is 4.79 Å². The Morgan fingerprint density at radius 2 is 1.43 bits per heavy atom. The zero-order chi connectivity index (χ0) is 23.9. The molecule has 0 radical (unpaired) electrons. The normalized spacial score (nSPS) is 10.9. The number of nitrogens with one attached hydrogen (secondary N) is 1. The number of nitrogens with zero attached hydrogens (tertiary/aromatic N) is 4. The molecule has 174 valence electrons. The van der Waals surface area contributed by atoms with E-state index in [0.29, 0.717) is 30.8 Å². The maximum absolute atomic E-state index is 13.2. The van der Waals surface area contributed by atoms with E-state index >= 15 is 0 Å². The predicted octanol–water partition coefficient (Wildman–Crippen LogP) is 4.82. The van der Waals surface area contributed by atoms with Gasteiger partial charge in [-0.25, -0.2) is 4.98 Å². The maximum Gasteiger partial charge on any atom is 0.255 e. The van der Waals surface area contributed by atoms with Gasteiger partial charge in [0.15, 0.2) is 0 Å². The number of hydrogen-bond donors (Lipinski definition) is 1. The smallest absolute Gasteiger partial charge is 0.255 e. The zero-order valence-electron chi connectivity index (χ0n) is 19.4. The van der Waals surface area contributed by atoms with Gasteiger partial charge in [0.05, 0.1) is 12.1 Å². The second kappa shape index (κ2) is 10.7. The van der Waals surface area contributed by atoms with Crippen LogP contribution in [0.1, 0.15) is 27.3 Å². The van der Waals surface area contributed by atoms with Crippen LogP contribution in [0.2, 0.25) is 0 Å². The Morgan fingerprint density at radius 3 is 2.11 bits per heavy atom. The number of aromatic nitrogens is 4. The summed E-state index contributed by atoms with van der Waals surface area (Å²) in [5.41, 5.74) is 4.52. The summed E-state index contributed by atoms with van der Waals surface area (Å²) in [6.07, 6.45) is 6.26. The van der Waals surface area contributed by atoms with E-state index in [1.165, 1.54) is 5.56 Å². The van der Waals surface area contributed by atoms with Crippen LogP contribution >= 0.6 is 0 Å². The Labute approximate surface area is 204 Å². The molecule has 2 aromatic heterocycles. The fraction of sp³-hybridized carbons (Fsp3) is 0.138. The number of benzene rings is 3. The summed E-state index contributed by atoms with van der Waals surface area (Å²) in [4.78, 5) is 17.7. The minimum absolute atomic E-state index is 0.135. The maximum atomic E-state index is 13.2. The Bertz CT molecular complexity index is 1370. The molecule has 3 aromatic carbocycles. The lowest BCUT2D eigenvalue weighted by molar-refractivity contribution is 0.0954. The first-order chi connectivity index (χ1) is 17.3. The third kappa shape index (κ3) is 5.55. The molecule has 35 heavy (non-hydrogen) atoms. The van der Waals surface area contributed by atoms with Gasteiger partial charge in [-0.05, 0) is 11.1 Å². The Balaban J connectivity index is 1.29. The predicted molar refractivity (Wildman–Crippen MR) is 137 cm³/mol. The number of amides is 1. The van der Waals surface area contributed by atoms with Gasteiger partial charge in [-0.3, -0.25) is 9.48 Å². The van der Waals surface area contributed by atoms with Crippen molar-refractivity contribution in [2.75, 3.05) is 6.54 Å². The summed E-state index contributed by atoms with van der Waals surface area (Å²) in [6.45, 7) is 1.85. The Hall–Kier alpha value is -4.45. The zero-order valence-corrected chi connectivity index (χ0v) is 19.4. The van der Waals surface area contributed by atoms with Crippen molar-refractivity contribution in [3.8, 4) is 11.3 Å². The highest BCUT2D eigenvalue weighted by molar-refractivity contribution is 5.99. The summed E-state index contributed by atoms with van der Waals surface area (Å²) in [5.74, 6) is 0.807. The molecule has 0 saturated heterocycles. The number of hydrogen-bond acceptors (Lipinski definition) is 3. The van der Waals surface area contributed by atoms with Crippen molar-refractivity contribution in [3.05, 3.63) is 132 Å². The molecular weight excluding hydrogens is 434 g/mol. The quantitative estimate of drug-likeness (QED) is 0.342. The Morgan fingerprint density at radius 1 is 0.800 bits per heavy atom. The van der Waals surface area contributed by atoms with Gasteiger partial charge in [0, 0.05) is 43.7 Å². The topological polar surface area (TPSA) is 64.7 Å². The summed E-state index contributed by atoms with van der Waals surface area (Å²) < 4.78 is 3.95. The lowest BCUT2D eigenvalue weighted by Gasteiger charge is -2.09. The standard InChI is InChI=1S/C29H27N5O/c35-29(31-17-16-27-30-18-19-33(27)20-23-10-4-1-5-11-23)26-22-34(21-24-12-6-2-7-13-24)32-28(26)25-14-8-3-9-15-25/h1-15,18-19,22H,16-17,20-21H2,(H,31,35). The molecule has 0 spiro atoms. The molecule has 0 aliphatic carbocycles. The van der Waals surface area contributed by atoms with E-state index in [-0.39, 0.29) is 5.91 Å². The van der Waals surface area contributed by atoms with Crippen LogP contribution in [0.25, 0.3) is 11.3 Å². The third-order valence-corrected chi connectivity index (χ3v) is 5.87. The molecule has 6 nitrogen and oxygen atoms in total. The van der Waals surface area contributed by atoms with Crippen molar-refractivity contribution in [1.29, 1.82) is 0 Å². The van der Waals surface area contributed by atoms with Crippen molar-refractivity contribution < 1.29 is 4.79 Å². The second-order valence-electron chi connectivity index (χ2n) is 8.40. The average Bonchev–Trinajstić information content (AvgIpc) is 3.53. The molecule has 0 aliphatic heterocycles. The molecule has 5 rings (SSSR count). The van der Waals surface area contributed by atoms with Crippen molar-refractivity contribution in [2.45, 2.75) is 19.5 Å². The highest BCUT2D eigenvalue weighted by atomic mass is 16.1. The summed E-state index contributed by atoms with van der Waals surface area (Å²) >= 11 is 0. The monoisotopic (exact) mass is 461 g/mol. The van der Waals surface area contributed by atoms with Gasteiger partial charge < -0.3 is 9.88 Å². The van der Waals surface area contributed by atoms with Crippen LogP contribution in [0.15, 0.2) is 110 Å². The molecule has 0 fully saturated rings. The van der Waals surface area contributed by atoms with Crippen molar-refractivity contribution in [2.24, 2.45) is 0 Å². The minimum Gasteiger partial charge on any atom is -0.351 e. The van der Waals surface area contributed by atoms with Gasteiger partial charge in [0.1, 0.15) is 11.5 Å². The second-order valence-corrected chi connectivity index (χ2v) is 8.40. The SMILES string of the molecule is O=C(NCCc1nccn1Cc1ccccc1)c1cn(Cc2ccccc2)nc1-c1ccccc1. The lowest BCUT2D eigenvalue weighted by atomic mass is 10.1. The van der Waals surface area contributed by atoms with Crippen LogP contribution in [-0.2, 0) is 19.5 Å². The largest absolute Gasteiger partial charge is 0.351 e. The molecule has 6 heteroatoms. The van der Waals surface area contributed by atoms with E-state index in [1.807, 2.05) is 83.8 Å². The van der Waals surface area contributed by atoms with E-state index in [0.717, 1.165) is 23.5 Å². The van der Waals surface area contributed by atoms with Gasteiger partial charge in [-0.15, -0.1) is 0 Å². The number of carbonyl (C=O) groups is 1. The van der Waals surface area contributed by atoms with Crippen LogP contribution in [-0.4, -0.2) is 31.8 Å². The lowest BCUT2D eigenvalue weighted by Crippen LogP contribution is -2.26. The molecule has 5 aromatic rings. The van der Waals surface area contributed by atoms with Crippen molar-refractivity contribution >= 4 is 5.91 Å². The molecule has 1 N–H and O–H groups in total. The Kier molecular flexibility index (Phi) is 6.80.